The molecule has 0 spiro atoms. The lowest BCUT2D eigenvalue weighted by Crippen LogP contribution is -2.31. The maximum Gasteiger partial charge on any atom is 0.229 e. The molecule has 2 aromatic heterocycles. The van der Waals surface area contributed by atoms with E-state index in [4.69, 9.17) is 4.52 Å². The highest BCUT2D eigenvalue weighted by Crippen LogP contribution is 2.18. The Morgan fingerprint density at radius 2 is 2.12 bits per heavy atom. The zero-order valence-corrected chi connectivity index (χ0v) is 14.3. The number of carbonyl (C=O) groups is 1. The van der Waals surface area contributed by atoms with Crippen LogP contribution in [-0.2, 0) is 24.2 Å². The van der Waals surface area contributed by atoms with E-state index in [1.807, 2.05) is 43.5 Å². The van der Waals surface area contributed by atoms with E-state index in [0.29, 0.717) is 18.1 Å². The third kappa shape index (κ3) is 4.53. The van der Waals surface area contributed by atoms with Gasteiger partial charge in [-0.05, 0) is 25.0 Å². The third-order valence-electron chi connectivity index (χ3n) is 3.86. The van der Waals surface area contributed by atoms with Gasteiger partial charge in [-0.3, -0.25) is 9.48 Å². The number of rotatable bonds is 7. The predicted octanol–water partition coefficient (Wildman–Crippen LogP) is 2.24. The van der Waals surface area contributed by atoms with Crippen LogP contribution in [-0.4, -0.2) is 25.8 Å². The Bertz CT molecular complexity index is 825. The van der Waals surface area contributed by atoms with E-state index in [9.17, 15) is 4.79 Å². The van der Waals surface area contributed by atoms with Crippen molar-refractivity contribution >= 4 is 5.91 Å². The van der Waals surface area contributed by atoms with Gasteiger partial charge in [0.1, 0.15) is 0 Å². The molecule has 0 aliphatic heterocycles. The van der Waals surface area contributed by atoms with Gasteiger partial charge in [0.05, 0.1) is 25.1 Å². The Hall–Kier alpha value is -2.96. The smallest absolute Gasteiger partial charge is 0.229 e. The summed E-state index contributed by atoms with van der Waals surface area (Å²) < 4.78 is 7.01. The lowest BCUT2D eigenvalue weighted by atomic mass is 10.0. The Morgan fingerprint density at radius 1 is 1.32 bits per heavy atom. The number of amides is 1. The van der Waals surface area contributed by atoms with Crippen LogP contribution < -0.4 is 5.32 Å². The average molecular weight is 339 g/mol. The van der Waals surface area contributed by atoms with Crippen molar-refractivity contribution in [2.24, 2.45) is 0 Å². The fourth-order valence-corrected chi connectivity index (χ4v) is 2.64. The van der Waals surface area contributed by atoms with E-state index in [2.05, 4.69) is 20.6 Å². The number of hydrogen-bond donors (Lipinski definition) is 1. The molecule has 1 amide bonds. The molecule has 1 N–H and O–H groups in total. The second kappa shape index (κ2) is 7.74. The summed E-state index contributed by atoms with van der Waals surface area (Å²) in [6.07, 6.45) is 4.34. The van der Waals surface area contributed by atoms with E-state index in [1.165, 1.54) is 0 Å². The summed E-state index contributed by atoms with van der Waals surface area (Å²) in [6.45, 7) is 4.56. The van der Waals surface area contributed by atoms with Crippen LogP contribution in [0.25, 0.3) is 0 Å². The van der Waals surface area contributed by atoms with E-state index in [1.54, 1.807) is 17.8 Å². The van der Waals surface area contributed by atoms with Crippen molar-refractivity contribution in [2.45, 2.75) is 39.3 Å². The average Bonchev–Trinajstić information content (AvgIpc) is 3.23. The van der Waals surface area contributed by atoms with Gasteiger partial charge < -0.3 is 9.84 Å². The highest BCUT2D eigenvalue weighted by molar-refractivity contribution is 5.78. The number of carbonyl (C=O) groups excluding carboxylic acids is 1. The summed E-state index contributed by atoms with van der Waals surface area (Å²) in [6, 6.07) is 9.55. The zero-order chi connectivity index (χ0) is 17.6. The molecule has 25 heavy (non-hydrogen) atoms. The number of benzene rings is 1. The first-order valence-corrected chi connectivity index (χ1v) is 8.29. The van der Waals surface area contributed by atoms with Crippen molar-refractivity contribution in [1.82, 2.24) is 25.2 Å². The second-order valence-corrected chi connectivity index (χ2v) is 5.85. The van der Waals surface area contributed by atoms with E-state index >= 15 is 0 Å². The standard InChI is InChI=1S/C18H21N5O2/c1-3-23-12-14(11-19-23)9-17(24)21-16(15-7-5-4-6-8-15)10-18-20-13(2)22-25-18/h4-8,11-12,16H,3,9-10H2,1-2H3,(H,21,24). The van der Waals surface area contributed by atoms with Gasteiger partial charge in [0.25, 0.3) is 0 Å². The van der Waals surface area contributed by atoms with Crippen molar-refractivity contribution in [3.05, 3.63) is 65.6 Å². The monoisotopic (exact) mass is 339 g/mol. The fourth-order valence-electron chi connectivity index (χ4n) is 2.64. The molecule has 0 saturated heterocycles. The molecule has 0 saturated carbocycles. The van der Waals surface area contributed by atoms with Crippen molar-refractivity contribution in [1.29, 1.82) is 0 Å². The van der Waals surface area contributed by atoms with E-state index in [-0.39, 0.29) is 18.4 Å². The van der Waals surface area contributed by atoms with Crippen molar-refractivity contribution in [3.8, 4) is 0 Å². The fraction of sp³-hybridized carbons (Fsp3) is 0.333. The highest BCUT2D eigenvalue weighted by Gasteiger charge is 2.19. The second-order valence-electron chi connectivity index (χ2n) is 5.85. The Labute approximate surface area is 146 Å². The largest absolute Gasteiger partial charge is 0.348 e. The van der Waals surface area contributed by atoms with Crippen LogP contribution in [0, 0.1) is 6.92 Å². The SMILES string of the molecule is CCn1cc(CC(=O)NC(Cc2nc(C)no2)c2ccccc2)cn1. The van der Waals surface area contributed by atoms with Crippen LogP contribution in [0.4, 0.5) is 0 Å². The van der Waals surface area contributed by atoms with Gasteiger partial charge in [-0.2, -0.15) is 10.1 Å². The molecule has 1 aromatic carbocycles. The zero-order valence-electron chi connectivity index (χ0n) is 14.3. The molecular weight excluding hydrogens is 318 g/mol. The van der Waals surface area contributed by atoms with Gasteiger partial charge in [0, 0.05) is 12.7 Å². The van der Waals surface area contributed by atoms with E-state index in [0.717, 1.165) is 17.7 Å². The molecule has 0 fully saturated rings. The quantitative estimate of drug-likeness (QED) is 0.713. The maximum atomic E-state index is 12.5. The number of nitrogens with one attached hydrogen (secondary N) is 1. The number of hydrogen-bond acceptors (Lipinski definition) is 5. The number of nitrogens with zero attached hydrogens (tertiary/aromatic N) is 4. The Morgan fingerprint density at radius 3 is 2.76 bits per heavy atom. The summed E-state index contributed by atoms with van der Waals surface area (Å²) in [5.74, 6) is 1.02. The van der Waals surface area contributed by atoms with Gasteiger partial charge in [-0.15, -0.1) is 0 Å². The van der Waals surface area contributed by atoms with Gasteiger partial charge in [0.2, 0.25) is 11.8 Å². The maximum absolute atomic E-state index is 12.5. The molecule has 0 aliphatic rings. The van der Waals surface area contributed by atoms with Crippen LogP contribution in [0.3, 0.4) is 0 Å². The number of aromatic nitrogens is 4. The van der Waals surface area contributed by atoms with Gasteiger partial charge >= 0.3 is 0 Å². The Balaban J connectivity index is 1.71. The molecule has 0 aliphatic carbocycles. The predicted molar refractivity (Wildman–Crippen MR) is 91.7 cm³/mol. The van der Waals surface area contributed by atoms with Crippen LogP contribution in [0.2, 0.25) is 0 Å². The molecule has 0 radical (unpaired) electrons. The topological polar surface area (TPSA) is 85.8 Å². The third-order valence-corrected chi connectivity index (χ3v) is 3.86. The minimum Gasteiger partial charge on any atom is -0.348 e. The minimum atomic E-state index is -0.227. The first-order valence-electron chi connectivity index (χ1n) is 8.29. The minimum absolute atomic E-state index is 0.0688. The normalized spacial score (nSPS) is 12.1. The summed E-state index contributed by atoms with van der Waals surface area (Å²) in [7, 11) is 0. The van der Waals surface area contributed by atoms with Crippen LogP contribution in [0.5, 0.6) is 0 Å². The lowest BCUT2D eigenvalue weighted by Gasteiger charge is -2.17. The molecule has 2 heterocycles. The van der Waals surface area contributed by atoms with Crippen molar-refractivity contribution in [3.63, 3.8) is 0 Å². The summed E-state index contributed by atoms with van der Waals surface area (Å²) >= 11 is 0. The number of aryl methyl sites for hydroxylation is 2. The van der Waals surface area contributed by atoms with Crippen molar-refractivity contribution < 1.29 is 9.32 Å². The van der Waals surface area contributed by atoms with Gasteiger partial charge in [-0.25, -0.2) is 0 Å². The Kier molecular flexibility index (Phi) is 5.23. The molecule has 7 heteroatoms. The molecule has 1 unspecified atom stereocenters. The summed E-state index contributed by atoms with van der Waals surface area (Å²) in [4.78, 5) is 16.7. The first kappa shape index (κ1) is 16.9. The summed E-state index contributed by atoms with van der Waals surface area (Å²) in [5.41, 5.74) is 1.88. The van der Waals surface area contributed by atoms with Crippen LogP contribution >= 0.6 is 0 Å². The molecule has 0 bridgehead atoms. The molecule has 3 aromatic rings. The molecule has 130 valence electrons. The van der Waals surface area contributed by atoms with Crippen LogP contribution in [0.1, 0.15) is 35.8 Å². The molecule has 3 rings (SSSR count). The van der Waals surface area contributed by atoms with Crippen molar-refractivity contribution in [2.75, 3.05) is 0 Å². The first-order chi connectivity index (χ1) is 12.1. The molecular formula is C18H21N5O2. The van der Waals surface area contributed by atoms with E-state index < -0.39 is 0 Å². The highest BCUT2D eigenvalue weighted by atomic mass is 16.5. The van der Waals surface area contributed by atoms with Gasteiger partial charge in [-0.1, -0.05) is 35.5 Å². The lowest BCUT2D eigenvalue weighted by molar-refractivity contribution is -0.121. The molecule has 7 nitrogen and oxygen atoms in total. The molecule has 1 atom stereocenters. The summed E-state index contributed by atoms with van der Waals surface area (Å²) in [5, 5.41) is 11.1. The van der Waals surface area contributed by atoms with Gasteiger partial charge in [0.15, 0.2) is 5.82 Å². The van der Waals surface area contributed by atoms with Crippen LogP contribution in [0.15, 0.2) is 47.2 Å².